The van der Waals surface area contributed by atoms with E-state index >= 15 is 0 Å². The highest BCUT2D eigenvalue weighted by Crippen LogP contribution is 2.16. The van der Waals surface area contributed by atoms with Crippen molar-refractivity contribution in [1.82, 2.24) is 15.2 Å². The molecule has 0 saturated carbocycles. The molecule has 0 aliphatic carbocycles. The molecule has 0 saturated heterocycles. The molecule has 2 aromatic rings. The smallest absolute Gasteiger partial charge is 0.339 e. The quantitative estimate of drug-likeness (QED) is 0.728. The number of nitrogens with zero attached hydrogens (tertiary/aromatic N) is 2. The number of pyridine rings is 1. The first kappa shape index (κ1) is 10.2. The number of aromatic nitrogens is 3. The summed E-state index contributed by atoms with van der Waals surface area (Å²) in [6.07, 6.45) is 1.44. The lowest BCUT2D eigenvalue weighted by atomic mass is 10.2. The molecule has 2 rings (SSSR count). The summed E-state index contributed by atoms with van der Waals surface area (Å²) in [5.74, 6) is -0.0166. The number of rotatable bonds is 2. The van der Waals surface area contributed by atoms with Crippen LogP contribution in [0.15, 0.2) is 24.4 Å². The van der Waals surface area contributed by atoms with Crippen LogP contribution in [0.3, 0.4) is 0 Å². The van der Waals surface area contributed by atoms with Gasteiger partial charge in [0.15, 0.2) is 0 Å². The summed E-state index contributed by atoms with van der Waals surface area (Å²) in [4.78, 5) is 15.3. The minimum absolute atomic E-state index is 0.397. The number of carbonyl (C=O) groups is 1. The second-order valence-electron chi connectivity index (χ2n) is 3.13. The molecule has 16 heavy (non-hydrogen) atoms. The monoisotopic (exact) mass is 218 g/mol. The summed E-state index contributed by atoms with van der Waals surface area (Å²) in [6, 6.07) is 4.99. The molecule has 0 aromatic carbocycles. The Morgan fingerprint density at radius 3 is 2.81 bits per heavy atom. The van der Waals surface area contributed by atoms with Crippen LogP contribution in [0.5, 0.6) is 0 Å². The summed E-state index contributed by atoms with van der Waals surface area (Å²) in [5.41, 5.74) is 7.24. The van der Waals surface area contributed by atoms with Gasteiger partial charge in [0.1, 0.15) is 5.82 Å². The number of anilines is 1. The Kier molecular flexibility index (Phi) is 2.55. The highest BCUT2D eigenvalue weighted by atomic mass is 16.5. The van der Waals surface area contributed by atoms with Crippen molar-refractivity contribution in [2.45, 2.75) is 0 Å². The van der Waals surface area contributed by atoms with Crippen LogP contribution in [0.2, 0.25) is 0 Å². The maximum absolute atomic E-state index is 11.2. The summed E-state index contributed by atoms with van der Waals surface area (Å²) >= 11 is 0. The van der Waals surface area contributed by atoms with E-state index in [9.17, 15) is 4.79 Å². The Morgan fingerprint density at radius 1 is 1.50 bits per heavy atom. The lowest BCUT2D eigenvalue weighted by Crippen LogP contribution is -2.01. The number of nitrogens with one attached hydrogen (secondary N) is 1. The first-order valence-corrected chi connectivity index (χ1v) is 4.56. The Bertz CT molecular complexity index is 504. The van der Waals surface area contributed by atoms with Crippen LogP contribution in [0, 0.1) is 0 Å². The van der Waals surface area contributed by atoms with E-state index in [1.165, 1.54) is 13.3 Å². The van der Waals surface area contributed by atoms with Crippen LogP contribution in [0.25, 0.3) is 11.4 Å². The number of nitrogens with two attached hydrogens (primary N) is 1. The largest absolute Gasteiger partial charge is 0.465 e. The molecule has 0 atom stereocenters. The SMILES string of the molecule is COC(=O)c1ccc(-c2cc(N)n[nH]2)nc1. The number of H-pyrrole nitrogens is 1. The number of aromatic amines is 1. The molecule has 0 aliphatic rings. The van der Waals surface area contributed by atoms with Gasteiger partial charge in [-0.1, -0.05) is 0 Å². The van der Waals surface area contributed by atoms with E-state index in [0.717, 1.165) is 0 Å². The molecule has 0 radical (unpaired) electrons. The second kappa shape index (κ2) is 4.01. The van der Waals surface area contributed by atoms with Gasteiger partial charge < -0.3 is 10.5 Å². The summed E-state index contributed by atoms with van der Waals surface area (Å²) in [7, 11) is 1.33. The zero-order chi connectivity index (χ0) is 11.5. The number of nitrogen functional groups attached to an aromatic ring is 1. The van der Waals surface area contributed by atoms with Crippen LogP contribution in [0.1, 0.15) is 10.4 Å². The Labute approximate surface area is 91.5 Å². The van der Waals surface area contributed by atoms with Crippen molar-refractivity contribution in [2.24, 2.45) is 0 Å². The van der Waals surface area contributed by atoms with E-state index < -0.39 is 5.97 Å². The van der Waals surface area contributed by atoms with Crippen molar-refractivity contribution < 1.29 is 9.53 Å². The van der Waals surface area contributed by atoms with Crippen molar-refractivity contribution in [3.8, 4) is 11.4 Å². The lowest BCUT2D eigenvalue weighted by Gasteiger charge is -1.99. The molecule has 0 unspecified atom stereocenters. The highest BCUT2D eigenvalue weighted by molar-refractivity contribution is 5.89. The third-order valence-electron chi connectivity index (χ3n) is 2.06. The fraction of sp³-hybridized carbons (Fsp3) is 0.100. The predicted molar refractivity (Wildman–Crippen MR) is 57.6 cm³/mol. The molecule has 0 amide bonds. The standard InChI is InChI=1S/C10H10N4O2/c1-16-10(15)6-2-3-7(12-5-6)8-4-9(11)14-13-8/h2-5H,1H3,(H3,11,13,14). The molecular weight excluding hydrogens is 208 g/mol. The minimum atomic E-state index is -0.414. The van der Waals surface area contributed by atoms with Gasteiger partial charge in [-0.25, -0.2) is 4.79 Å². The third kappa shape index (κ3) is 1.85. The zero-order valence-electron chi connectivity index (χ0n) is 8.60. The van der Waals surface area contributed by atoms with Gasteiger partial charge in [-0.3, -0.25) is 10.1 Å². The van der Waals surface area contributed by atoms with Crippen LogP contribution in [-0.4, -0.2) is 28.3 Å². The number of methoxy groups -OCH3 is 1. The van der Waals surface area contributed by atoms with Crippen molar-refractivity contribution in [3.05, 3.63) is 30.0 Å². The number of carbonyl (C=O) groups excluding carboxylic acids is 1. The Morgan fingerprint density at radius 2 is 2.31 bits per heavy atom. The van der Waals surface area contributed by atoms with E-state index in [4.69, 9.17) is 5.73 Å². The maximum atomic E-state index is 11.2. The van der Waals surface area contributed by atoms with E-state index in [1.54, 1.807) is 18.2 Å². The topological polar surface area (TPSA) is 93.9 Å². The van der Waals surface area contributed by atoms with Crippen LogP contribution >= 0.6 is 0 Å². The number of hydrogen-bond acceptors (Lipinski definition) is 5. The van der Waals surface area contributed by atoms with Crippen LogP contribution < -0.4 is 5.73 Å². The summed E-state index contributed by atoms with van der Waals surface area (Å²) < 4.78 is 4.57. The van der Waals surface area contributed by atoms with Gasteiger partial charge in [0.2, 0.25) is 0 Å². The molecule has 82 valence electrons. The number of esters is 1. The maximum Gasteiger partial charge on any atom is 0.339 e. The van der Waals surface area contributed by atoms with Gasteiger partial charge in [0.05, 0.1) is 24.1 Å². The van der Waals surface area contributed by atoms with Gasteiger partial charge in [-0.05, 0) is 12.1 Å². The van der Waals surface area contributed by atoms with E-state index in [1.807, 2.05) is 0 Å². The molecule has 0 bridgehead atoms. The minimum Gasteiger partial charge on any atom is -0.465 e. The highest BCUT2D eigenvalue weighted by Gasteiger charge is 2.07. The van der Waals surface area contributed by atoms with Crippen molar-refractivity contribution in [3.63, 3.8) is 0 Å². The van der Waals surface area contributed by atoms with Gasteiger partial charge in [0, 0.05) is 12.3 Å². The molecule has 0 aliphatic heterocycles. The van der Waals surface area contributed by atoms with Gasteiger partial charge in [-0.15, -0.1) is 0 Å². The van der Waals surface area contributed by atoms with E-state index in [2.05, 4.69) is 19.9 Å². The summed E-state index contributed by atoms with van der Waals surface area (Å²) in [5, 5.41) is 6.52. The molecule has 6 nitrogen and oxygen atoms in total. The fourth-order valence-electron chi connectivity index (χ4n) is 1.26. The fourth-order valence-corrected chi connectivity index (χ4v) is 1.26. The Balaban J connectivity index is 2.29. The number of hydrogen-bond donors (Lipinski definition) is 2. The van der Waals surface area contributed by atoms with Gasteiger partial charge in [-0.2, -0.15) is 5.10 Å². The average Bonchev–Trinajstić information content (AvgIpc) is 2.75. The summed E-state index contributed by atoms with van der Waals surface area (Å²) in [6.45, 7) is 0. The molecule has 3 N–H and O–H groups in total. The molecule has 0 fully saturated rings. The Hall–Kier alpha value is -2.37. The molecule has 0 spiro atoms. The second-order valence-corrected chi connectivity index (χ2v) is 3.13. The van der Waals surface area contributed by atoms with Crippen molar-refractivity contribution >= 4 is 11.8 Å². The molecule has 2 aromatic heterocycles. The molecule has 2 heterocycles. The first-order valence-electron chi connectivity index (χ1n) is 4.56. The zero-order valence-corrected chi connectivity index (χ0v) is 8.60. The van der Waals surface area contributed by atoms with Crippen molar-refractivity contribution in [1.29, 1.82) is 0 Å². The first-order chi connectivity index (χ1) is 7.70. The molecule has 6 heteroatoms. The predicted octanol–water partition coefficient (Wildman–Crippen LogP) is 0.840. The number of ether oxygens (including phenoxy) is 1. The van der Waals surface area contributed by atoms with Crippen LogP contribution in [0.4, 0.5) is 5.82 Å². The molecular formula is C10H10N4O2. The normalized spacial score (nSPS) is 10.1. The van der Waals surface area contributed by atoms with E-state index in [0.29, 0.717) is 22.8 Å². The van der Waals surface area contributed by atoms with Gasteiger partial charge >= 0.3 is 5.97 Å². The van der Waals surface area contributed by atoms with Crippen LogP contribution in [-0.2, 0) is 4.74 Å². The van der Waals surface area contributed by atoms with E-state index in [-0.39, 0.29) is 0 Å². The third-order valence-corrected chi connectivity index (χ3v) is 2.06. The lowest BCUT2D eigenvalue weighted by molar-refractivity contribution is 0.0600. The average molecular weight is 218 g/mol. The van der Waals surface area contributed by atoms with Crippen molar-refractivity contribution in [2.75, 3.05) is 12.8 Å². The van der Waals surface area contributed by atoms with Gasteiger partial charge in [0.25, 0.3) is 0 Å².